The number of phenolic OH excluding ortho intramolecular Hbond substituents is 1. The van der Waals surface area contributed by atoms with Crippen LogP contribution < -0.4 is 16.0 Å². The summed E-state index contributed by atoms with van der Waals surface area (Å²) in [5.41, 5.74) is 0.142. The summed E-state index contributed by atoms with van der Waals surface area (Å²) in [5.74, 6) is -0.106. The maximum absolute atomic E-state index is 13.0. The van der Waals surface area contributed by atoms with Crippen molar-refractivity contribution in [1.82, 2.24) is 4.90 Å². The predicted octanol–water partition coefficient (Wildman–Crippen LogP) is 4.06. The molecule has 4 aromatic rings. The number of carbonyl (C=O) groups is 1. The van der Waals surface area contributed by atoms with E-state index >= 15 is 0 Å². The van der Waals surface area contributed by atoms with Gasteiger partial charge in [0.1, 0.15) is 11.3 Å². The molecule has 1 saturated heterocycles. The number of methoxy groups -OCH3 is 1. The number of likely N-dealkylation sites (tertiary alicyclic amines) is 1. The molecule has 0 aliphatic carbocycles. The molecule has 1 aliphatic rings. The highest BCUT2D eigenvalue weighted by Gasteiger charge is 2.28. The second-order valence-electron chi connectivity index (χ2n) is 9.07. The smallest absolute Gasteiger partial charge is 0.344 e. The Morgan fingerprint density at radius 2 is 1.95 bits per heavy atom. The Morgan fingerprint density at radius 1 is 1.11 bits per heavy atom. The summed E-state index contributed by atoms with van der Waals surface area (Å²) >= 11 is 0. The Hall–Kier alpha value is -4.11. The number of ether oxygens (including phenoxy) is 2. The quantitative estimate of drug-likeness (QED) is 0.306. The standard InChI is InChI=1S/C28H27NO8/c1-3-35-27(32)17-7-5-11-29(14-17)15-21-22(30)10-9-18-19(13-24(31)36-26(18)21)20-12-16-6-4-8-23(34-2)25(16)37-28(20)33/h4,6,8-10,12-13,17,30H,3,5,7,11,14-15H2,1-2H3. The van der Waals surface area contributed by atoms with Gasteiger partial charge in [0.25, 0.3) is 0 Å². The summed E-state index contributed by atoms with van der Waals surface area (Å²) in [4.78, 5) is 40.0. The Balaban J connectivity index is 1.59. The minimum absolute atomic E-state index is 0.0404. The van der Waals surface area contributed by atoms with E-state index in [1.165, 1.54) is 19.2 Å². The van der Waals surface area contributed by atoms with Crippen LogP contribution in [-0.2, 0) is 16.1 Å². The van der Waals surface area contributed by atoms with Crippen LogP contribution in [0.3, 0.4) is 0 Å². The predicted molar refractivity (Wildman–Crippen MR) is 137 cm³/mol. The van der Waals surface area contributed by atoms with Gasteiger partial charge in [0, 0.05) is 35.5 Å². The van der Waals surface area contributed by atoms with Gasteiger partial charge in [-0.05, 0) is 50.6 Å². The molecule has 0 spiro atoms. The molecule has 0 amide bonds. The molecule has 1 atom stereocenters. The van der Waals surface area contributed by atoms with Gasteiger partial charge in [0.05, 0.1) is 30.8 Å². The zero-order valence-electron chi connectivity index (χ0n) is 20.6. The first kappa shape index (κ1) is 24.6. The first-order chi connectivity index (χ1) is 17.9. The highest BCUT2D eigenvalue weighted by molar-refractivity contribution is 5.97. The van der Waals surface area contributed by atoms with E-state index in [1.54, 1.807) is 37.3 Å². The van der Waals surface area contributed by atoms with Crippen molar-refractivity contribution in [1.29, 1.82) is 0 Å². The van der Waals surface area contributed by atoms with Crippen molar-refractivity contribution in [2.75, 3.05) is 26.8 Å². The molecule has 9 nitrogen and oxygen atoms in total. The Morgan fingerprint density at radius 3 is 2.73 bits per heavy atom. The minimum atomic E-state index is -0.664. The van der Waals surface area contributed by atoms with Gasteiger partial charge >= 0.3 is 17.2 Å². The van der Waals surface area contributed by atoms with Crippen LogP contribution in [0.2, 0.25) is 0 Å². The number of aromatic hydroxyl groups is 1. The number of esters is 1. The molecule has 1 unspecified atom stereocenters. The van der Waals surface area contributed by atoms with E-state index in [0.717, 1.165) is 12.8 Å². The number of hydrogen-bond acceptors (Lipinski definition) is 9. The van der Waals surface area contributed by atoms with Gasteiger partial charge in [-0.2, -0.15) is 0 Å². The summed E-state index contributed by atoms with van der Waals surface area (Å²) < 4.78 is 21.6. The first-order valence-corrected chi connectivity index (χ1v) is 12.2. The van der Waals surface area contributed by atoms with Crippen LogP contribution in [0.4, 0.5) is 0 Å². The fraction of sp³-hybridized carbons (Fsp3) is 0.321. The summed E-state index contributed by atoms with van der Waals surface area (Å²) in [5, 5.41) is 11.8. The van der Waals surface area contributed by atoms with Gasteiger partial charge in [-0.25, -0.2) is 9.59 Å². The number of para-hydroxylation sites is 1. The lowest BCUT2D eigenvalue weighted by Crippen LogP contribution is -2.39. The number of fused-ring (bicyclic) bond motifs is 2. The third kappa shape index (κ3) is 4.70. The van der Waals surface area contributed by atoms with Gasteiger partial charge in [-0.15, -0.1) is 0 Å². The van der Waals surface area contributed by atoms with Gasteiger partial charge in [-0.3, -0.25) is 9.69 Å². The normalized spacial score (nSPS) is 16.2. The molecule has 37 heavy (non-hydrogen) atoms. The van der Waals surface area contributed by atoms with Gasteiger partial charge in [0.2, 0.25) is 0 Å². The molecule has 0 radical (unpaired) electrons. The summed E-state index contributed by atoms with van der Waals surface area (Å²) in [6.07, 6.45) is 1.53. The molecule has 0 saturated carbocycles. The maximum atomic E-state index is 13.0. The summed E-state index contributed by atoms with van der Waals surface area (Å²) in [6.45, 7) is 3.54. The molecular formula is C28H27NO8. The Kier molecular flexibility index (Phi) is 6.71. The molecule has 2 aromatic heterocycles. The van der Waals surface area contributed by atoms with Crippen LogP contribution in [0.1, 0.15) is 25.3 Å². The van der Waals surface area contributed by atoms with Crippen LogP contribution in [0.25, 0.3) is 33.1 Å². The van der Waals surface area contributed by atoms with Crippen molar-refractivity contribution >= 4 is 27.9 Å². The molecule has 5 rings (SSSR count). The number of hydrogen-bond donors (Lipinski definition) is 1. The lowest BCUT2D eigenvalue weighted by Gasteiger charge is -2.31. The fourth-order valence-electron chi connectivity index (χ4n) is 4.99. The van der Waals surface area contributed by atoms with E-state index in [1.807, 2.05) is 4.90 Å². The number of nitrogens with zero attached hydrogens (tertiary/aromatic N) is 1. The Bertz CT molecular complexity index is 1600. The third-order valence-electron chi connectivity index (χ3n) is 6.73. The third-order valence-corrected chi connectivity index (χ3v) is 6.73. The number of rotatable bonds is 6. The fourth-order valence-corrected chi connectivity index (χ4v) is 4.99. The van der Waals surface area contributed by atoms with Crippen molar-refractivity contribution in [3.05, 3.63) is 68.9 Å². The molecule has 192 valence electrons. The molecular weight excluding hydrogens is 478 g/mol. The number of benzene rings is 2. The molecule has 1 N–H and O–H groups in total. The summed E-state index contributed by atoms with van der Waals surface area (Å²) in [7, 11) is 1.49. The SMILES string of the molecule is CCOC(=O)C1CCCN(Cc2c(O)ccc3c(-c4cc5cccc(OC)c5oc4=O)cc(=O)oc23)C1. The average molecular weight is 506 g/mol. The zero-order chi connectivity index (χ0) is 26.1. The van der Waals surface area contributed by atoms with E-state index in [0.29, 0.717) is 52.9 Å². The summed E-state index contributed by atoms with van der Waals surface area (Å²) in [6, 6.07) is 11.3. The van der Waals surface area contributed by atoms with Crippen LogP contribution in [0.15, 0.2) is 60.9 Å². The van der Waals surface area contributed by atoms with E-state index in [9.17, 15) is 19.5 Å². The second-order valence-corrected chi connectivity index (χ2v) is 9.07. The van der Waals surface area contributed by atoms with Gasteiger partial charge in [-0.1, -0.05) is 12.1 Å². The molecule has 3 heterocycles. The highest BCUT2D eigenvalue weighted by Crippen LogP contribution is 2.35. The largest absolute Gasteiger partial charge is 0.507 e. The molecule has 2 aromatic carbocycles. The van der Waals surface area contributed by atoms with Crippen molar-refractivity contribution in [3.63, 3.8) is 0 Å². The molecule has 1 fully saturated rings. The highest BCUT2D eigenvalue weighted by atomic mass is 16.5. The average Bonchev–Trinajstić information content (AvgIpc) is 2.89. The zero-order valence-corrected chi connectivity index (χ0v) is 20.6. The van der Waals surface area contributed by atoms with Crippen molar-refractivity contribution in [2.24, 2.45) is 5.92 Å². The molecule has 9 heteroatoms. The van der Waals surface area contributed by atoms with Crippen molar-refractivity contribution in [3.8, 4) is 22.6 Å². The van der Waals surface area contributed by atoms with Gasteiger partial charge in [0.15, 0.2) is 11.3 Å². The molecule has 1 aliphatic heterocycles. The number of carbonyl (C=O) groups excluding carboxylic acids is 1. The Labute approximate surface area is 211 Å². The first-order valence-electron chi connectivity index (χ1n) is 12.2. The maximum Gasteiger partial charge on any atom is 0.344 e. The van der Waals surface area contributed by atoms with Crippen LogP contribution in [-0.4, -0.2) is 42.8 Å². The van der Waals surface area contributed by atoms with E-state index in [-0.39, 0.29) is 35.3 Å². The van der Waals surface area contributed by atoms with E-state index < -0.39 is 11.3 Å². The lowest BCUT2D eigenvalue weighted by molar-refractivity contribution is -0.150. The van der Waals surface area contributed by atoms with Crippen LogP contribution in [0, 0.1) is 5.92 Å². The lowest BCUT2D eigenvalue weighted by atomic mass is 9.96. The second kappa shape index (κ2) is 10.1. The molecule has 0 bridgehead atoms. The number of phenols is 1. The van der Waals surface area contributed by atoms with E-state index in [2.05, 4.69) is 0 Å². The van der Waals surface area contributed by atoms with Crippen molar-refractivity contribution in [2.45, 2.75) is 26.3 Å². The number of piperidine rings is 1. The monoisotopic (exact) mass is 505 g/mol. The van der Waals surface area contributed by atoms with Gasteiger partial charge < -0.3 is 23.4 Å². The van der Waals surface area contributed by atoms with Crippen LogP contribution >= 0.6 is 0 Å². The minimum Gasteiger partial charge on any atom is -0.507 e. The van der Waals surface area contributed by atoms with Crippen molar-refractivity contribution < 1.29 is 28.2 Å². The van der Waals surface area contributed by atoms with E-state index in [4.69, 9.17) is 18.3 Å². The topological polar surface area (TPSA) is 119 Å². The van der Waals surface area contributed by atoms with Crippen LogP contribution in [0.5, 0.6) is 11.5 Å².